The Morgan fingerprint density at radius 1 is 1.41 bits per heavy atom. The third-order valence-electron chi connectivity index (χ3n) is 2.29. The van der Waals surface area contributed by atoms with E-state index >= 15 is 0 Å². The summed E-state index contributed by atoms with van der Waals surface area (Å²) in [5.74, 6) is 0.430. The molecule has 0 saturated heterocycles. The Kier molecular flexibility index (Phi) is 4.47. The second kappa shape index (κ2) is 5.46. The lowest BCUT2D eigenvalue weighted by atomic mass is 10.1. The Hall–Kier alpha value is -1.14. The zero-order chi connectivity index (χ0) is 13.1. The smallest absolute Gasteiger partial charge is 0.244 e. The van der Waals surface area contributed by atoms with Gasteiger partial charge in [0.2, 0.25) is 10.0 Å². The molecular weight excluding hydrogens is 238 g/mol. The number of nitrogens with two attached hydrogens (primary N) is 1. The Bertz CT molecular complexity index is 471. The maximum absolute atomic E-state index is 12.0. The van der Waals surface area contributed by atoms with E-state index < -0.39 is 10.0 Å². The Labute approximate surface area is 102 Å². The van der Waals surface area contributed by atoms with Crippen molar-refractivity contribution in [2.45, 2.75) is 38.1 Å². The van der Waals surface area contributed by atoms with Crippen LogP contribution in [0.2, 0.25) is 0 Å². The van der Waals surface area contributed by atoms with E-state index in [9.17, 15) is 8.42 Å². The van der Waals surface area contributed by atoms with Crippen LogP contribution < -0.4 is 10.5 Å². The van der Waals surface area contributed by atoms with Crippen molar-refractivity contribution in [3.8, 4) is 0 Å². The van der Waals surface area contributed by atoms with E-state index in [0.29, 0.717) is 5.92 Å². The molecule has 1 aromatic heterocycles. The Morgan fingerprint density at radius 2 is 2.06 bits per heavy atom. The molecule has 3 N–H and O–H groups in total. The van der Waals surface area contributed by atoms with E-state index in [4.69, 9.17) is 5.73 Å². The van der Waals surface area contributed by atoms with E-state index in [2.05, 4.69) is 9.71 Å². The molecule has 0 aromatic carbocycles. The minimum atomic E-state index is -3.57. The zero-order valence-corrected chi connectivity index (χ0v) is 11.2. The number of sulfonamides is 1. The van der Waals surface area contributed by atoms with Crippen LogP contribution in [0.25, 0.3) is 0 Å². The Morgan fingerprint density at radius 3 is 2.59 bits per heavy atom. The van der Waals surface area contributed by atoms with Crippen LogP contribution in [0.5, 0.6) is 0 Å². The highest BCUT2D eigenvalue weighted by Crippen LogP contribution is 2.16. The fourth-order valence-electron chi connectivity index (χ4n) is 1.70. The summed E-state index contributed by atoms with van der Waals surface area (Å²) < 4.78 is 26.6. The lowest BCUT2D eigenvalue weighted by Crippen LogP contribution is -2.34. The molecule has 0 spiro atoms. The molecule has 96 valence electrons. The molecule has 1 aromatic rings. The molecule has 0 amide bonds. The van der Waals surface area contributed by atoms with Crippen molar-refractivity contribution in [2.75, 3.05) is 5.73 Å². The first-order valence-corrected chi connectivity index (χ1v) is 7.03. The lowest BCUT2D eigenvalue weighted by molar-refractivity contribution is 0.482. The average molecular weight is 257 g/mol. The largest absolute Gasteiger partial charge is 0.398 e. The minimum absolute atomic E-state index is 0.0376. The topological polar surface area (TPSA) is 85.1 Å². The van der Waals surface area contributed by atoms with Gasteiger partial charge in [-0.25, -0.2) is 13.1 Å². The van der Waals surface area contributed by atoms with E-state index in [1.165, 1.54) is 18.5 Å². The van der Waals surface area contributed by atoms with Crippen LogP contribution in [0.15, 0.2) is 23.4 Å². The van der Waals surface area contributed by atoms with Crippen molar-refractivity contribution < 1.29 is 8.42 Å². The first-order valence-electron chi connectivity index (χ1n) is 5.54. The van der Waals surface area contributed by atoms with Gasteiger partial charge in [-0.1, -0.05) is 13.8 Å². The molecule has 0 aliphatic carbocycles. The van der Waals surface area contributed by atoms with Crippen LogP contribution in [-0.4, -0.2) is 19.4 Å². The number of aromatic nitrogens is 1. The fraction of sp³-hybridized carbons (Fsp3) is 0.545. The number of rotatable bonds is 5. The standard InChI is InChI=1S/C11H19N3O2S/c1-8(2)6-9(3)14-17(15,16)11-7-13-5-4-10(11)12/h4-5,7-9,14H,6H2,1-3H3,(H2,12,13). The fourth-order valence-corrected chi connectivity index (χ4v) is 3.03. The molecule has 6 heteroatoms. The molecular formula is C11H19N3O2S. The SMILES string of the molecule is CC(C)CC(C)NS(=O)(=O)c1cnccc1N. The van der Waals surface area contributed by atoms with Crippen molar-refractivity contribution in [2.24, 2.45) is 5.92 Å². The van der Waals surface area contributed by atoms with Gasteiger partial charge in [0.1, 0.15) is 4.90 Å². The quantitative estimate of drug-likeness (QED) is 0.834. The molecule has 1 rings (SSSR count). The molecule has 17 heavy (non-hydrogen) atoms. The number of anilines is 1. The number of nitrogens with zero attached hydrogens (tertiary/aromatic N) is 1. The Balaban J connectivity index is 2.86. The summed E-state index contributed by atoms with van der Waals surface area (Å²) in [5.41, 5.74) is 5.84. The summed E-state index contributed by atoms with van der Waals surface area (Å²) in [6, 6.07) is 1.35. The van der Waals surface area contributed by atoms with Gasteiger partial charge in [0, 0.05) is 18.4 Å². The molecule has 1 heterocycles. The minimum Gasteiger partial charge on any atom is -0.398 e. The van der Waals surface area contributed by atoms with E-state index in [-0.39, 0.29) is 16.6 Å². The van der Waals surface area contributed by atoms with Crippen LogP contribution in [-0.2, 0) is 10.0 Å². The van der Waals surface area contributed by atoms with Gasteiger partial charge in [0.25, 0.3) is 0 Å². The van der Waals surface area contributed by atoms with Gasteiger partial charge in [0.15, 0.2) is 0 Å². The van der Waals surface area contributed by atoms with Crippen molar-refractivity contribution >= 4 is 15.7 Å². The molecule has 0 bridgehead atoms. The van der Waals surface area contributed by atoms with Crippen molar-refractivity contribution in [1.82, 2.24) is 9.71 Å². The monoisotopic (exact) mass is 257 g/mol. The normalized spacial score (nSPS) is 13.9. The summed E-state index contributed by atoms with van der Waals surface area (Å²) in [6.07, 6.45) is 3.51. The van der Waals surface area contributed by atoms with Crippen LogP contribution in [0.3, 0.4) is 0 Å². The van der Waals surface area contributed by atoms with E-state index in [1.54, 1.807) is 0 Å². The van der Waals surface area contributed by atoms with Crippen LogP contribution >= 0.6 is 0 Å². The molecule has 0 radical (unpaired) electrons. The van der Waals surface area contributed by atoms with Crippen molar-refractivity contribution in [3.05, 3.63) is 18.5 Å². The lowest BCUT2D eigenvalue weighted by Gasteiger charge is -2.16. The van der Waals surface area contributed by atoms with E-state index in [1.807, 2.05) is 20.8 Å². The van der Waals surface area contributed by atoms with Gasteiger partial charge in [-0.15, -0.1) is 0 Å². The predicted octanol–water partition coefficient (Wildman–Crippen LogP) is 1.38. The first-order chi connectivity index (χ1) is 7.83. The summed E-state index contributed by atoms with van der Waals surface area (Å²) in [5, 5.41) is 0. The predicted molar refractivity (Wildman–Crippen MR) is 67.9 cm³/mol. The highest BCUT2D eigenvalue weighted by atomic mass is 32.2. The van der Waals surface area contributed by atoms with Crippen molar-refractivity contribution in [3.63, 3.8) is 0 Å². The molecule has 1 unspecified atom stereocenters. The third kappa shape index (κ3) is 3.98. The van der Waals surface area contributed by atoms with Gasteiger partial charge < -0.3 is 5.73 Å². The molecule has 0 aliphatic rings. The molecule has 0 fully saturated rings. The van der Waals surface area contributed by atoms with Gasteiger partial charge >= 0.3 is 0 Å². The maximum atomic E-state index is 12.0. The highest BCUT2D eigenvalue weighted by Gasteiger charge is 2.20. The van der Waals surface area contributed by atoms with Crippen LogP contribution in [0.1, 0.15) is 27.2 Å². The van der Waals surface area contributed by atoms with Crippen LogP contribution in [0.4, 0.5) is 5.69 Å². The number of pyridine rings is 1. The third-order valence-corrected chi connectivity index (χ3v) is 3.92. The summed E-state index contributed by atoms with van der Waals surface area (Å²) >= 11 is 0. The maximum Gasteiger partial charge on any atom is 0.244 e. The second-order valence-electron chi connectivity index (χ2n) is 4.57. The van der Waals surface area contributed by atoms with Gasteiger partial charge in [-0.2, -0.15) is 0 Å². The van der Waals surface area contributed by atoms with Gasteiger partial charge in [-0.3, -0.25) is 4.98 Å². The highest BCUT2D eigenvalue weighted by molar-refractivity contribution is 7.89. The second-order valence-corrected chi connectivity index (χ2v) is 6.25. The van der Waals surface area contributed by atoms with E-state index in [0.717, 1.165) is 6.42 Å². The summed E-state index contributed by atoms with van der Waals surface area (Å²) in [7, 11) is -3.57. The van der Waals surface area contributed by atoms with Crippen LogP contribution in [0, 0.1) is 5.92 Å². The molecule has 0 aliphatic heterocycles. The number of hydrogen-bond acceptors (Lipinski definition) is 4. The molecule has 0 saturated carbocycles. The van der Waals surface area contributed by atoms with Gasteiger partial charge in [0.05, 0.1) is 5.69 Å². The molecule has 5 nitrogen and oxygen atoms in total. The van der Waals surface area contributed by atoms with Gasteiger partial charge in [-0.05, 0) is 25.3 Å². The summed E-state index contributed by atoms with van der Waals surface area (Å²) in [6.45, 7) is 5.93. The summed E-state index contributed by atoms with van der Waals surface area (Å²) in [4.78, 5) is 3.82. The number of hydrogen-bond donors (Lipinski definition) is 2. The number of nitrogens with one attached hydrogen (secondary N) is 1. The zero-order valence-electron chi connectivity index (χ0n) is 10.3. The first kappa shape index (κ1) is 13.9. The average Bonchev–Trinajstić information content (AvgIpc) is 2.15. The van der Waals surface area contributed by atoms with Crippen molar-refractivity contribution in [1.29, 1.82) is 0 Å². The number of nitrogen functional groups attached to an aromatic ring is 1. The molecule has 1 atom stereocenters.